The minimum absolute atomic E-state index is 0.0671. The Balaban J connectivity index is 2.45. The van der Waals surface area contributed by atoms with Gasteiger partial charge in [0.05, 0.1) is 16.0 Å². The molecule has 3 N–H and O–H groups in total. The average Bonchev–Trinajstić information content (AvgIpc) is 2.71. The van der Waals surface area contributed by atoms with Gasteiger partial charge in [0, 0.05) is 0 Å². The molecular weight excluding hydrogens is 330 g/mol. The van der Waals surface area contributed by atoms with Gasteiger partial charge in [-0.1, -0.05) is 11.6 Å². The number of amides is 1. The van der Waals surface area contributed by atoms with E-state index >= 15 is 0 Å². The lowest BCUT2D eigenvalue weighted by Crippen LogP contribution is -2.32. The molecule has 22 heavy (non-hydrogen) atoms. The molecule has 0 fully saturated rings. The summed E-state index contributed by atoms with van der Waals surface area (Å²) >= 11 is 5.93. The summed E-state index contributed by atoms with van der Waals surface area (Å²) in [7, 11) is -3.77. The van der Waals surface area contributed by atoms with Crippen molar-refractivity contribution in [3.63, 3.8) is 0 Å². The Labute approximate surface area is 133 Å². The van der Waals surface area contributed by atoms with E-state index in [0.29, 0.717) is 0 Å². The number of halogens is 1. The van der Waals surface area contributed by atoms with E-state index in [4.69, 9.17) is 11.6 Å². The van der Waals surface area contributed by atoms with Crippen molar-refractivity contribution < 1.29 is 18.3 Å². The predicted molar refractivity (Wildman–Crippen MR) is 84.1 cm³/mol. The zero-order chi connectivity index (χ0) is 16.7. The lowest BCUT2D eigenvalue weighted by atomic mass is 10.3. The van der Waals surface area contributed by atoms with Crippen molar-refractivity contribution in [1.29, 1.82) is 0 Å². The maximum atomic E-state index is 12.3. The summed E-state index contributed by atoms with van der Waals surface area (Å²) in [4.78, 5) is 15.1. The molecule has 0 aliphatic carbocycles. The molecule has 7 nitrogen and oxygen atoms in total. The standard InChI is InChI=1S/C13H16ClN3O4S/c1-6(2)22(20,21)11-8(14)4-5-9(10(11)18)16-13-15-7(3)12(19)17-13/h4-7,18H,1-3H3,(H2,15,16,17,19)/t7-/m1/s1. The Hall–Kier alpha value is -1.80. The summed E-state index contributed by atoms with van der Waals surface area (Å²) in [6.45, 7) is 4.60. The molecule has 120 valence electrons. The Morgan fingerprint density at radius 2 is 2.05 bits per heavy atom. The molecule has 0 saturated heterocycles. The number of anilines is 1. The third-order valence-electron chi connectivity index (χ3n) is 3.19. The quantitative estimate of drug-likeness (QED) is 0.720. The van der Waals surface area contributed by atoms with E-state index in [-0.39, 0.29) is 27.5 Å². The number of sulfone groups is 1. The smallest absolute Gasteiger partial charge is 0.251 e. The minimum Gasteiger partial charge on any atom is -0.504 e. The van der Waals surface area contributed by atoms with Crippen LogP contribution in [0.1, 0.15) is 20.8 Å². The van der Waals surface area contributed by atoms with E-state index < -0.39 is 26.9 Å². The Morgan fingerprint density at radius 1 is 1.41 bits per heavy atom. The first-order valence-electron chi connectivity index (χ1n) is 6.55. The molecule has 1 aliphatic rings. The van der Waals surface area contributed by atoms with Crippen LogP contribution in [0.25, 0.3) is 0 Å². The van der Waals surface area contributed by atoms with E-state index in [9.17, 15) is 18.3 Å². The van der Waals surface area contributed by atoms with Crippen LogP contribution in [0.5, 0.6) is 5.75 Å². The number of nitrogens with one attached hydrogen (secondary N) is 2. The molecular formula is C13H16ClN3O4S. The van der Waals surface area contributed by atoms with Gasteiger partial charge in [-0.05, 0) is 32.9 Å². The van der Waals surface area contributed by atoms with Gasteiger partial charge in [0.1, 0.15) is 10.9 Å². The molecule has 1 amide bonds. The predicted octanol–water partition coefficient (Wildman–Crippen LogP) is 1.51. The Morgan fingerprint density at radius 3 is 2.55 bits per heavy atom. The number of rotatable bonds is 3. The lowest BCUT2D eigenvalue weighted by molar-refractivity contribution is -0.119. The number of aliphatic imine (C=N–C) groups is 1. The van der Waals surface area contributed by atoms with E-state index in [1.807, 2.05) is 0 Å². The Bertz CT molecular complexity index is 759. The lowest BCUT2D eigenvalue weighted by Gasteiger charge is -2.15. The van der Waals surface area contributed by atoms with Crippen molar-refractivity contribution in [3.8, 4) is 5.75 Å². The monoisotopic (exact) mass is 345 g/mol. The molecule has 0 unspecified atom stereocenters. The highest BCUT2D eigenvalue weighted by Crippen LogP contribution is 2.38. The molecule has 0 radical (unpaired) electrons. The van der Waals surface area contributed by atoms with E-state index in [0.717, 1.165) is 0 Å². The van der Waals surface area contributed by atoms with Gasteiger partial charge in [0.15, 0.2) is 15.6 Å². The summed E-state index contributed by atoms with van der Waals surface area (Å²) in [5.74, 6) is -0.647. The molecule has 2 rings (SSSR count). The number of carbonyl (C=O) groups is 1. The van der Waals surface area contributed by atoms with Crippen LogP contribution in [0.3, 0.4) is 0 Å². The maximum Gasteiger partial charge on any atom is 0.251 e. The van der Waals surface area contributed by atoms with Gasteiger partial charge in [0.2, 0.25) is 5.96 Å². The van der Waals surface area contributed by atoms with Crippen molar-refractivity contribution in [3.05, 3.63) is 17.2 Å². The van der Waals surface area contributed by atoms with Gasteiger partial charge < -0.3 is 10.4 Å². The number of hydrogen-bond acceptors (Lipinski definition) is 6. The number of phenols is 1. The van der Waals surface area contributed by atoms with Crippen LogP contribution >= 0.6 is 11.6 Å². The maximum absolute atomic E-state index is 12.3. The average molecular weight is 346 g/mol. The van der Waals surface area contributed by atoms with Crippen LogP contribution in [-0.2, 0) is 14.6 Å². The second-order valence-electron chi connectivity index (χ2n) is 5.13. The SMILES string of the molecule is CC(C)S(=O)(=O)c1c(Cl)ccc(NC2=N[C@H](C)C(=O)N2)c1O. The summed E-state index contributed by atoms with van der Waals surface area (Å²) in [6.07, 6.45) is 0. The third-order valence-corrected chi connectivity index (χ3v) is 5.84. The summed E-state index contributed by atoms with van der Waals surface area (Å²) < 4.78 is 24.6. The normalized spacial score (nSPS) is 18.3. The molecule has 1 aromatic carbocycles. The number of nitrogens with zero attached hydrogens (tertiary/aromatic N) is 1. The fourth-order valence-electron chi connectivity index (χ4n) is 1.85. The molecule has 1 aromatic rings. The van der Waals surface area contributed by atoms with Crippen molar-refractivity contribution in [2.24, 2.45) is 4.99 Å². The van der Waals surface area contributed by atoms with Gasteiger partial charge in [-0.15, -0.1) is 0 Å². The molecule has 1 aliphatic heterocycles. The van der Waals surface area contributed by atoms with Crippen molar-refractivity contribution >= 4 is 39.0 Å². The molecule has 0 spiro atoms. The van der Waals surface area contributed by atoms with Gasteiger partial charge >= 0.3 is 0 Å². The molecule has 1 atom stereocenters. The largest absolute Gasteiger partial charge is 0.504 e. The molecule has 0 saturated carbocycles. The number of phenolic OH excluding ortho intramolecular Hbond substituents is 1. The number of carbonyl (C=O) groups excluding carboxylic acids is 1. The molecule has 0 aromatic heterocycles. The van der Waals surface area contributed by atoms with E-state index in [1.165, 1.54) is 26.0 Å². The van der Waals surface area contributed by atoms with Gasteiger partial charge in [-0.3, -0.25) is 10.1 Å². The van der Waals surface area contributed by atoms with Crippen molar-refractivity contribution in [1.82, 2.24) is 5.32 Å². The number of benzene rings is 1. The number of hydrogen-bond donors (Lipinski definition) is 3. The first-order chi connectivity index (χ1) is 10.1. The molecule has 9 heteroatoms. The van der Waals surface area contributed by atoms with Crippen LogP contribution in [0.2, 0.25) is 5.02 Å². The van der Waals surface area contributed by atoms with E-state index in [1.54, 1.807) is 6.92 Å². The topological polar surface area (TPSA) is 108 Å². The first-order valence-corrected chi connectivity index (χ1v) is 8.48. The summed E-state index contributed by atoms with van der Waals surface area (Å²) in [5.41, 5.74) is 0.0942. The van der Waals surface area contributed by atoms with Crippen LogP contribution in [0.4, 0.5) is 5.69 Å². The van der Waals surface area contributed by atoms with Crippen LogP contribution in [0, 0.1) is 0 Å². The van der Waals surface area contributed by atoms with Crippen LogP contribution in [-0.4, -0.2) is 36.7 Å². The van der Waals surface area contributed by atoms with Gasteiger partial charge in [-0.25, -0.2) is 13.4 Å². The highest BCUT2D eigenvalue weighted by Gasteiger charge is 2.29. The fraction of sp³-hybridized carbons (Fsp3) is 0.385. The van der Waals surface area contributed by atoms with Gasteiger partial charge in [0.25, 0.3) is 5.91 Å². The van der Waals surface area contributed by atoms with Crippen molar-refractivity contribution in [2.75, 3.05) is 5.32 Å². The highest BCUT2D eigenvalue weighted by atomic mass is 35.5. The first kappa shape index (κ1) is 16.6. The van der Waals surface area contributed by atoms with Crippen LogP contribution < -0.4 is 10.6 Å². The van der Waals surface area contributed by atoms with Crippen LogP contribution in [0.15, 0.2) is 22.0 Å². The zero-order valence-electron chi connectivity index (χ0n) is 12.2. The minimum atomic E-state index is -3.77. The second-order valence-corrected chi connectivity index (χ2v) is 7.98. The molecule has 1 heterocycles. The number of aromatic hydroxyl groups is 1. The second kappa shape index (κ2) is 5.77. The van der Waals surface area contributed by atoms with E-state index in [2.05, 4.69) is 15.6 Å². The highest BCUT2D eigenvalue weighted by molar-refractivity contribution is 7.92. The molecule has 0 bridgehead atoms. The zero-order valence-corrected chi connectivity index (χ0v) is 13.8. The van der Waals surface area contributed by atoms with Gasteiger partial charge in [-0.2, -0.15) is 0 Å². The number of guanidine groups is 1. The summed E-state index contributed by atoms with van der Waals surface area (Å²) in [5, 5.41) is 14.6. The third kappa shape index (κ3) is 2.89. The van der Waals surface area contributed by atoms with Crippen molar-refractivity contribution in [2.45, 2.75) is 37.0 Å². The fourth-order valence-corrected chi connectivity index (χ4v) is 3.52. The summed E-state index contributed by atoms with van der Waals surface area (Å²) in [6, 6.07) is 2.23. The Kier molecular flexibility index (Phi) is 4.35.